The number of hydrogen-bond donors (Lipinski definition) is 1. The number of aliphatic hydroxyl groups excluding tert-OH is 1. The summed E-state index contributed by atoms with van der Waals surface area (Å²) < 4.78 is 38.4. The van der Waals surface area contributed by atoms with Gasteiger partial charge < -0.3 is 5.11 Å². The van der Waals surface area contributed by atoms with Crippen molar-refractivity contribution < 1.29 is 18.3 Å². The smallest absolute Gasteiger partial charge is 0.379 e. The van der Waals surface area contributed by atoms with Crippen LogP contribution in [0, 0.1) is 0 Å². The minimum atomic E-state index is -4.65. The Morgan fingerprint density at radius 2 is 1.75 bits per heavy atom. The van der Waals surface area contributed by atoms with Gasteiger partial charge in [-0.3, -0.25) is 0 Å². The molecule has 0 aromatic heterocycles. The van der Waals surface area contributed by atoms with E-state index in [1.54, 1.807) is 18.2 Å². The second-order valence-corrected chi connectivity index (χ2v) is 4.91. The number of alkyl halides is 3. The molecule has 0 bridgehead atoms. The van der Waals surface area contributed by atoms with E-state index in [2.05, 4.69) is 0 Å². The monoisotopic (exact) mass is 282 g/mol. The van der Waals surface area contributed by atoms with Crippen molar-refractivity contribution in [3.05, 3.63) is 47.5 Å². The van der Waals surface area contributed by atoms with E-state index in [9.17, 15) is 18.3 Å². The Labute approximate surface area is 116 Å². The van der Waals surface area contributed by atoms with Crippen molar-refractivity contribution in [2.24, 2.45) is 0 Å². The number of halogens is 3. The van der Waals surface area contributed by atoms with Crippen molar-refractivity contribution in [3.63, 3.8) is 0 Å². The summed E-state index contributed by atoms with van der Waals surface area (Å²) in [6.07, 6.45) is -4.48. The summed E-state index contributed by atoms with van der Waals surface area (Å²) in [5.74, 6) is 0. The third-order valence-electron chi connectivity index (χ3n) is 3.43. The van der Waals surface area contributed by atoms with Crippen LogP contribution in [0.5, 0.6) is 0 Å². The summed E-state index contributed by atoms with van der Waals surface area (Å²) in [4.78, 5) is 0. The van der Waals surface area contributed by atoms with Crippen molar-refractivity contribution in [1.82, 2.24) is 0 Å². The van der Waals surface area contributed by atoms with Gasteiger partial charge in [0.25, 0.3) is 0 Å². The normalized spacial score (nSPS) is 13.7. The zero-order valence-corrected chi connectivity index (χ0v) is 11.2. The van der Waals surface area contributed by atoms with Crippen LogP contribution in [0.2, 0.25) is 0 Å². The molecular weight excluding hydrogens is 265 g/mol. The Morgan fingerprint density at radius 3 is 2.35 bits per heavy atom. The highest BCUT2D eigenvalue weighted by atomic mass is 19.4. The first-order valence-corrected chi connectivity index (χ1v) is 6.70. The molecule has 0 amide bonds. The van der Waals surface area contributed by atoms with E-state index in [0.29, 0.717) is 5.39 Å². The predicted molar refractivity (Wildman–Crippen MR) is 73.6 cm³/mol. The standard InChI is InChI=1S/C16H17F3O/c1-2-3-6-11-7-4-8-12-9-5-10-13(14(11)12)15(20)16(17,18)19/h4-5,7-10,15,20H,2-3,6H2,1H3. The van der Waals surface area contributed by atoms with Gasteiger partial charge in [-0.05, 0) is 34.7 Å². The molecule has 1 nitrogen and oxygen atoms in total. The van der Waals surface area contributed by atoms with E-state index in [1.807, 2.05) is 19.1 Å². The maximum atomic E-state index is 12.8. The fraction of sp³-hybridized carbons (Fsp3) is 0.375. The van der Waals surface area contributed by atoms with Gasteiger partial charge in [0, 0.05) is 0 Å². The largest absolute Gasteiger partial charge is 0.418 e. The molecule has 2 aromatic rings. The predicted octanol–water partition coefficient (Wildman–Crippen LogP) is 4.78. The van der Waals surface area contributed by atoms with Gasteiger partial charge in [0.05, 0.1) is 0 Å². The molecule has 2 rings (SSSR count). The number of aliphatic hydroxyl groups is 1. The number of benzene rings is 2. The Balaban J connectivity index is 2.59. The zero-order chi connectivity index (χ0) is 14.8. The van der Waals surface area contributed by atoms with Crippen LogP contribution >= 0.6 is 0 Å². The number of fused-ring (bicyclic) bond motifs is 1. The molecule has 0 radical (unpaired) electrons. The van der Waals surface area contributed by atoms with E-state index >= 15 is 0 Å². The summed E-state index contributed by atoms with van der Waals surface area (Å²) in [5.41, 5.74) is 0.810. The third kappa shape index (κ3) is 2.96. The van der Waals surface area contributed by atoms with E-state index in [0.717, 1.165) is 30.2 Å². The third-order valence-corrected chi connectivity index (χ3v) is 3.43. The van der Waals surface area contributed by atoms with Gasteiger partial charge >= 0.3 is 6.18 Å². The van der Waals surface area contributed by atoms with E-state index < -0.39 is 12.3 Å². The summed E-state index contributed by atoms with van der Waals surface area (Å²) >= 11 is 0. The van der Waals surface area contributed by atoms with Crippen molar-refractivity contribution in [3.8, 4) is 0 Å². The van der Waals surface area contributed by atoms with Gasteiger partial charge in [-0.25, -0.2) is 0 Å². The molecule has 1 unspecified atom stereocenters. The lowest BCUT2D eigenvalue weighted by Gasteiger charge is -2.18. The average Bonchev–Trinajstić information content (AvgIpc) is 2.42. The Bertz CT molecular complexity index is 585. The van der Waals surface area contributed by atoms with Crippen LogP contribution in [0.3, 0.4) is 0 Å². The maximum absolute atomic E-state index is 12.8. The number of rotatable bonds is 4. The number of unbranched alkanes of at least 4 members (excludes halogenated alkanes) is 1. The summed E-state index contributed by atoms with van der Waals surface area (Å²) in [6.45, 7) is 2.04. The lowest BCUT2D eigenvalue weighted by molar-refractivity contribution is -0.206. The first-order valence-electron chi connectivity index (χ1n) is 6.70. The van der Waals surface area contributed by atoms with E-state index in [-0.39, 0.29) is 5.56 Å². The molecule has 20 heavy (non-hydrogen) atoms. The van der Waals surface area contributed by atoms with Crippen LogP contribution in [0.1, 0.15) is 37.0 Å². The summed E-state index contributed by atoms with van der Waals surface area (Å²) in [6, 6.07) is 10.1. The highest BCUT2D eigenvalue weighted by Crippen LogP contribution is 2.37. The second-order valence-electron chi connectivity index (χ2n) is 4.91. The maximum Gasteiger partial charge on any atom is 0.418 e. The molecule has 1 atom stereocenters. The second kappa shape index (κ2) is 5.83. The van der Waals surface area contributed by atoms with Gasteiger partial charge in [-0.1, -0.05) is 49.7 Å². The van der Waals surface area contributed by atoms with Crippen LogP contribution in [0.15, 0.2) is 36.4 Å². The summed E-state index contributed by atoms with van der Waals surface area (Å²) in [5, 5.41) is 10.9. The lowest BCUT2D eigenvalue weighted by atomic mass is 9.93. The van der Waals surface area contributed by atoms with Gasteiger partial charge in [0.15, 0.2) is 6.10 Å². The molecule has 108 valence electrons. The number of hydrogen-bond acceptors (Lipinski definition) is 1. The average molecular weight is 282 g/mol. The molecule has 2 aromatic carbocycles. The molecule has 0 heterocycles. The minimum absolute atomic E-state index is 0.0540. The fourth-order valence-corrected chi connectivity index (χ4v) is 2.43. The van der Waals surface area contributed by atoms with Crippen molar-refractivity contribution >= 4 is 10.8 Å². The Kier molecular flexibility index (Phi) is 4.33. The molecule has 0 fully saturated rings. The molecule has 0 aliphatic heterocycles. The molecular formula is C16H17F3O. The Morgan fingerprint density at radius 1 is 1.10 bits per heavy atom. The van der Waals surface area contributed by atoms with Crippen LogP contribution in [-0.2, 0) is 6.42 Å². The lowest BCUT2D eigenvalue weighted by Crippen LogP contribution is -2.20. The zero-order valence-electron chi connectivity index (χ0n) is 11.2. The first-order chi connectivity index (χ1) is 9.45. The molecule has 4 heteroatoms. The van der Waals surface area contributed by atoms with Gasteiger partial charge in [0.1, 0.15) is 0 Å². The topological polar surface area (TPSA) is 20.2 Å². The van der Waals surface area contributed by atoms with E-state index in [4.69, 9.17) is 0 Å². The van der Waals surface area contributed by atoms with Gasteiger partial charge in [-0.2, -0.15) is 13.2 Å². The fourth-order valence-electron chi connectivity index (χ4n) is 2.43. The van der Waals surface area contributed by atoms with Crippen molar-refractivity contribution in [2.75, 3.05) is 0 Å². The Hall–Kier alpha value is -1.55. The van der Waals surface area contributed by atoms with Gasteiger partial charge in [0.2, 0.25) is 0 Å². The van der Waals surface area contributed by atoms with Crippen molar-refractivity contribution in [2.45, 2.75) is 38.5 Å². The van der Waals surface area contributed by atoms with Crippen LogP contribution in [-0.4, -0.2) is 11.3 Å². The molecule has 0 saturated carbocycles. The molecule has 0 aliphatic carbocycles. The highest BCUT2D eigenvalue weighted by Gasteiger charge is 2.40. The highest BCUT2D eigenvalue weighted by molar-refractivity contribution is 5.89. The number of aryl methyl sites for hydroxylation is 1. The summed E-state index contributed by atoms with van der Waals surface area (Å²) in [7, 11) is 0. The van der Waals surface area contributed by atoms with Crippen molar-refractivity contribution in [1.29, 1.82) is 0 Å². The SMILES string of the molecule is CCCCc1cccc2cccc(C(O)C(F)(F)F)c12. The molecule has 0 aliphatic rings. The quantitative estimate of drug-likeness (QED) is 0.855. The first kappa shape index (κ1) is 14.9. The molecule has 0 saturated heterocycles. The van der Waals surface area contributed by atoms with Crippen LogP contribution in [0.4, 0.5) is 13.2 Å². The van der Waals surface area contributed by atoms with Crippen LogP contribution in [0.25, 0.3) is 10.8 Å². The van der Waals surface area contributed by atoms with Gasteiger partial charge in [-0.15, -0.1) is 0 Å². The minimum Gasteiger partial charge on any atom is -0.379 e. The van der Waals surface area contributed by atoms with Crippen LogP contribution < -0.4 is 0 Å². The van der Waals surface area contributed by atoms with E-state index in [1.165, 1.54) is 6.07 Å². The molecule has 0 spiro atoms. The molecule has 1 N–H and O–H groups in total.